The van der Waals surface area contributed by atoms with Crippen molar-refractivity contribution in [2.75, 3.05) is 13.1 Å². The molecule has 5 heterocycles. The molecule has 3 aromatic rings. The number of ether oxygens (including phenoxy) is 1. The zero-order valence-corrected chi connectivity index (χ0v) is 14.2. The number of likely N-dealkylation sites (tertiary alicyclic amines) is 1. The van der Waals surface area contributed by atoms with Gasteiger partial charge in [-0.15, -0.1) is 5.10 Å². The van der Waals surface area contributed by atoms with Gasteiger partial charge in [0.2, 0.25) is 5.95 Å². The summed E-state index contributed by atoms with van der Waals surface area (Å²) < 4.78 is 23.9. The highest BCUT2D eigenvalue weighted by atomic mass is 19.1. The van der Waals surface area contributed by atoms with Crippen LogP contribution in [0.15, 0.2) is 24.4 Å². The van der Waals surface area contributed by atoms with Crippen molar-refractivity contribution in [3.63, 3.8) is 0 Å². The predicted octanol–water partition coefficient (Wildman–Crippen LogP) is 1.36. The topological polar surface area (TPSA) is 77.6 Å². The van der Waals surface area contributed by atoms with E-state index in [4.69, 9.17) is 4.74 Å². The van der Waals surface area contributed by atoms with Crippen LogP contribution in [0, 0.1) is 12.9 Å². The Morgan fingerprint density at radius 2 is 2.27 bits per heavy atom. The number of halogens is 1. The number of hydrogen-bond acceptors (Lipinski definition) is 5. The smallest absolute Gasteiger partial charge is 0.277 e. The molecule has 5 rings (SSSR count). The summed E-state index contributed by atoms with van der Waals surface area (Å²) in [5, 5.41) is 8.06. The molecule has 0 radical (unpaired) electrons. The molecule has 0 unspecified atom stereocenters. The van der Waals surface area contributed by atoms with Gasteiger partial charge in [-0.05, 0) is 25.5 Å². The largest absolute Gasteiger partial charge is 0.370 e. The molecule has 0 bridgehead atoms. The third-order valence-corrected chi connectivity index (χ3v) is 5.20. The molecule has 1 amide bonds. The van der Waals surface area contributed by atoms with E-state index in [-0.39, 0.29) is 17.8 Å². The predicted molar refractivity (Wildman–Crippen MR) is 88.0 cm³/mol. The van der Waals surface area contributed by atoms with Gasteiger partial charge in [0.1, 0.15) is 5.65 Å². The monoisotopic (exact) mass is 356 g/mol. The molecule has 0 N–H and O–H groups in total. The quantitative estimate of drug-likeness (QED) is 0.658. The van der Waals surface area contributed by atoms with Crippen LogP contribution in [0.3, 0.4) is 0 Å². The lowest BCUT2D eigenvalue weighted by molar-refractivity contribution is -0.0606. The van der Waals surface area contributed by atoms with Crippen LogP contribution < -0.4 is 0 Å². The summed E-state index contributed by atoms with van der Waals surface area (Å²) in [7, 11) is 0. The van der Waals surface area contributed by atoms with E-state index in [2.05, 4.69) is 15.3 Å². The summed E-state index contributed by atoms with van der Waals surface area (Å²) in [6, 6.07) is 5.15. The van der Waals surface area contributed by atoms with Gasteiger partial charge < -0.3 is 9.64 Å². The molecule has 2 aliphatic rings. The Bertz CT molecular complexity index is 1010. The number of fused-ring (bicyclic) bond motifs is 4. The van der Waals surface area contributed by atoms with Crippen molar-refractivity contribution < 1.29 is 13.9 Å². The fourth-order valence-corrected chi connectivity index (χ4v) is 3.86. The molecule has 3 aromatic heterocycles. The molecule has 2 atom stereocenters. The number of carbonyl (C=O) groups excluding carboxylic acids is 1. The van der Waals surface area contributed by atoms with Crippen molar-refractivity contribution in [1.82, 2.24) is 29.3 Å². The van der Waals surface area contributed by atoms with E-state index in [1.54, 1.807) is 36.2 Å². The van der Waals surface area contributed by atoms with Crippen LogP contribution in [-0.2, 0) is 11.3 Å². The number of imidazole rings is 1. The van der Waals surface area contributed by atoms with E-state index in [1.807, 2.05) is 4.68 Å². The standard InChI is InChI=1S/C17H17FN6O2/c1-10-3-2-4-14-20-15(16(18)23(10)14)17(25)22-6-5-13-12(8-22)24-11(9-26-13)7-19-21-24/h2-4,7,12-13H,5-6,8-9H2,1H3/t12-,13-/m1/s1. The first-order chi connectivity index (χ1) is 12.6. The first-order valence-corrected chi connectivity index (χ1v) is 8.57. The van der Waals surface area contributed by atoms with Gasteiger partial charge in [-0.2, -0.15) is 4.39 Å². The Kier molecular flexibility index (Phi) is 3.33. The molecule has 0 aromatic carbocycles. The molecule has 134 valence electrons. The van der Waals surface area contributed by atoms with Gasteiger partial charge in [0.15, 0.2) is 5.69 Å². The highest BCUT2D eigenvalue weighted by Crippen LogP contribution is 2.30. The maximum Gasteiger partial charge on any atom is 0.277 e. The van der Waals surface area contributed by atoms with Crippen LogP contribution in [0.5, 0.6) is 0 Å². The van der Waals surface area contributed by atoms with Gasteiger partial charge in [0, 0.05) is 18.8 Å². The summed E-state index contributed by atoms with van der Waals surface area (Å²) >= 11 is 0. The Labute approximate surface area is 148 Å². The second-order valence-corrected chi connectivity index (χ2v) is 6.74. The number of aromatic nitrogens is 5. The Morgan fingerprint density at radius 1 is 1.38 bits per heavy atom. The first-order valence-electron chi connectivity index (χ1n) is 8.57. The fraction of sp³-hybridized carbons (Fsp3) is 0.412. The minimum atomic E-state index is -0.619. The second kappa shape index (κ2) is 5.60. The second-order valence-electron chi connectivity index (χ2n) is 6.74. The first kappa shape index (κ1) is 15.4. The van der Waals surface area contributed by atoms with Crippen molar-refractivity contribution in [3.8, 4) is 0 Å². The van der Waals surface area contributed by atoms with E-state index in [0.29, 0.717) is 37.5 Å². The molecule has 0 saturated carbocycles. The number of amides is 1. The summed E-state index contributed by atoms with van der Waals surface area (Å²) in [5.74, 6) is -1.03. The number of rotatable bonds is 1. The van der Waals surface area contributed by atoms with Gasteiger partial charge in [0.05, 0.1) is 30.6 Å². The summed E-state index contributed by atoms with van der Waals surface area (Å²) in [6.45, 7) is 3.15. The molecule has 2 aliphatic heterocycles. The number of carbonyl (C=O) groups is 1. The molecular formula is C17H17FN6O2. The van der Waals surface area contributed by atoms with Crippen molar-refractivity contribution >= 4 is 11.6 Å². The maximum absolute atomic E-state index is 14.8. The molecule has 9 heteroatoms. The lowest BCUT2D eigenvalue weighted by atomic mass is 10.00. The van der Waals surface area contributed by atoms with Crippen LogP contribution in [0.2, 0.25) is 0 Å². The number of aryl methyl sites for hydroxylation is 1. The highest BCUT2D eigenvalue weighted by molar-refractivity contribution is 5.93. The third-order valence-electron chi connectivity index (χ3n) is 5.20. The van der Waals surface area contributed by atoms with Gasteiger partial charge in [0.25, 0.3) is 5.91 Å². The number of pyridine rings is 1. The van der Waals surface area contributed by atoms with E-state index in [1.165, 1.54) is 4.40 Å². The van der Waals surface area contributed by atoms with Gasteiger partial charge >= 0.3 is 0 Å². The molecule has 1 fully saturated rings. The maximum atomic E-state index is 14.8. The minimum absolute atomic E-state index is 0.0126. The normalized spacial score (nSPS) is 22.3. The zero-order chi connectivity index (χ0) is 17.8. The van der Waals surface area contributed by atoms with Gasteiger partial charge in [-0.1, -0.05) is 11.3 Å². The third kappa shape index (κ3) is 2.16. The van der Waals surface area contributed by atoms with Gasteiger partial charge in [-0.3, -0.25) is 9.20 Å². The van der Waals surface area contributed by atoms with E-state index in [9.17, 15) is 9.18 Å². The van der Waals surface area contributed by atoms with E-state index < -0.39 is 11.9 Å². The minimum Gasteiger partial charge on any atom is -0.370 e. The van der Waals surface area contributed by atoms with Crippen LogP contribution in [0.4, 0.5) is 4.39 Å². The average molecular weight is 356 g/mol. The summed E-state index contributed by atoms with van der Waals surface area (Å²) in [5.41, 5.74) is 1.86. The van der Waals surface area contributed by atoms with Crippen molar-refractivity contribution in [3.05, 3.63) is 47.4 Å². The zero-order valence-electron chi connectivity index (χ0n) is 14.2. The van der Waals surface area contributed by atoms with E-state index in [0.717, 1.165) is 5.69 Å². The Balaban J connectivity index is 1.47. The number of piperidine rings is 1. The number of nitrogens with zero attached hydrogens (tertiary/aromatic N) is 6. The molecule has 1 saturated heterocycles. The SMILES string of the molecule is Cc1cccc2nc(C(=O)N3CC[C@H]4OCc5cnnn5[C@@H]4C3)c(F)n12. The van der Waals surface area contributed by atoms with Crippen LogP contribution in [0.1, 0.15) is 34.3 Å². The molecule has 26 heavy (non-hydrogen) atoms. The molecule has 8 nitrogen and oxygen atoms in total. The van der Waals surface area contributed by atoms with Crippen LogP contribution >= 0.6 is 0 Å². The average Bonchev–Trinajstić information content (AvgIpc) is 3.26. The number of hydrogen-bond donors (Lipinski definition) is 0. The summed E-state index contributed by atoms with van der Waals surface area (Å²) in [4.78, 5) is 18.8. The van der Waals surface area contributed by atoms with Crippen LogP contribution in [-0.4, -0.2) is 54.4 Å². The fourth-order valence-electron chi connectivity index (χ4n) is 3.86. The lowest BCUT2D eigenvalue weighted by Crippen LogP contribution is -2.50. The summed E-state index contributed by atoms with van der Waals surface area (Å²) in [6.07, 6.45) is 2.33. The molecular weight excluding hydrogens is 339 g/mol. The van der Waals surface area contributed by atoms with Crippen molar-refractivity contribution in [1.29, 1.82) is 0 Å². The van der Waals surface area contributed by atoms with E-state index >= 15 is 0 Å². The van der Waals surface area contributed by atoms with Crippen molar-refractivity contribution in [2.45, 2.75) is 32.1 Å². The van der Waals surface area contributed by atoms with Crippen molar-refractivity contribution in [2.24, 2.45) is 0 Å². The Hall–Kier alpha value is -2.81. The lowest BCUT2D eigenvalue weighted by Gasteiger charge is -2.40. The molecule has 0 spiro atoms. The van der Waals surface area contributed by atoms with Gasteiger partial charge in [-0.25, -0.2) is 9.67 Å². The highest BCUT2D eigenvalue weighted by Gasteiger charge is 2.39. The Morgan fingerprint density at radius 3 is 3.12 bits per heavy atom. The van der Waals surface area contributed by atoms with Crippen LogP contribution in [0.25, 0.3) is 5.65 Å². The molecule has 0 aliphatic carbocycles.